The second-order valence-corrected chi connectivity index (χ2v) is 4.06. The molecule has 0 bridgehead atoms. The fraction of sp³-hybridized carbons (Fsp3) is 0.833. The summed E-state index contributed by atoms with van der Waals surface area (Å²) in [6, 6.07) is 0. The van der Waals surface area contributed by atoms with Crippen molar-refractivity contribution < 1.29 is 5.11 Å². The molecule has 0 radical (unpaired) electrons. The largest absolute Gasteiger partial charge is 0.393 e. The zero-order valence-corrected chi connectivity index (χ0v) is 8.76. The highest BCUT2D eigenvalue weighted by atomic mass is 16.3. The Balaban J connectivity index is 1.94. The first kappa shape index (κ1) is 10.8. The Morgan fingerprint density at radius 1 is 1.46 bits per heavy atom. The number of hydrogen-bond donors (Lipinski definition) is 1. The van der Waals surface area contributed by atoms with Crippen molar-refractivity contribution >= 4 is 0 Å². The minimum atomic E-state index is -0.0578. The maximum atomic E-state index is 9.34. The minimum absolute atomic E-state index is 0.0578. The number of unbranched alkanes of at least 4 members (excludes halogenated alkanes) is 1. The highest BCUT2D eigenvalue weighted by Crippen LogP contribution is 2.22. The lowest BCUT2D eigenvalue weighted by atomic mass is 10.0. The number of aliphatic hydroxyl groups is 1. The number of allylic oxidation sites excluding steroid dienone is 2. The van der Waals surface area contributed by atoms with Gasteiger partial charge in [-0.3, -0.25) is 0 Å². The molecule has 13 heavy (non-hydrogen) atoms. The molecule has 0 heterocycles. The average molecular weight is 182 g/mol. The summed E-state index contributed by atoms with van der Waals surface area (Å²) in [5.74, 6) is 0. The summed E-state index contributed by atoms with van der Waals surface area (Å²) in [5.41, 5.74) is 1.66. The lowest BCUT2D eigenvalue weighted by molar-refractivity contribution is 0.157. The first-order chi connectivity index (χ1) is 6.33. The van der Waals surface area contributed by atoms with Gasteiger partial charge in [0.2, 0.25) is 0 Å². The summed E-state index contributed by atoms with van der Waals surface area (Å²) in [6.07, 6.45) is 12.0. The van der Waals surface area contributed by atoms with Crippen molar-refractivity contribution in [2.45, 2.75) is 64.4 Å². The van der Waals surface area contributed by atoms with Gasteiger partial charge in [-0.15, -0.1) is 0 Å². The van der Waals surface area contributed by atoms with E-state index in [0.717, 1.165) is 12.8 Å². The molecule has 0 fully saturated rings. The lowest BCUT2D eigenvalue weighted by Gasteiger charge is -2.06. The van der Waals surface area contributed by atoms with Crippen LogP contribution in [0.5, 0.6) is 0 Å². The molecule has 0 amide bonds. The second-order valence-electron chi connectivity index (χ2n) is 4.06. The van der Waals surface area contributed by atoms with Gasteiger partial charge < -0.3 is 5.11 Å². The molecule has 1 aliphatic rings. The van der Waals surface area contributed by atoms with Gasteiger partial charge in [-0.25, -0.2) is 0 Å². The molecule has 1 aliphatic carbocycles. The molecule has 1 N–H and O–H groups in total. The second kappa shape index (κ2) is 6.20. The van der Waals surface area contributed by atoms with E-state index in [9.17, 15) is 5.11 Å². The molecular weight excluding hydrogens is 160 g/mol. The Hall–Kier alpha value is -0.300. The average Bonchev–Trinajstić information content (AvgIpc) is 2.64. The zero-order valence-electron chi connectivity index (χ0n) is 8.76. The van der Waals surface area contributed by atoms with Crippen LogP contribution in [0.4, 0.5) is 0 Å². The van der Waals surface area contributed by atoms with Crippen LogP contribution in [0, 0.1) is 0 Å². The van der Waals surface area contributed by atoms with Crippen molar-refractivity contribution in [3.63, 3.8) is 0 Å². The van der Waals surface area contributed by atoms with E-state index in [2.05, 4.69) is 6.08 Å². The van der Waals surface area contributed by atoms with Crippen molar-refractivity contribution in [3.8, 4) is 0 Å². The monoisotopic (exact) mass is 182 g/mol. The van der Waals surface area contributed by atoms with E-state index in [1.54, 1.807) is 5.57 Å². The van der Waals surface area contributed by atoms with Crippen molar-refractivity contribution in [2.75, 3.05) is 0 Å². The van der Waals surface area contributed by atoms with Crippen LogP contribution in [-0.4, -0.2) is 11.2 Å². The van der Waals surface area contributed by atoms with Gasteiger partial charge in [0.15, 0.2) is 0 Å². The smallest absolute Gasteiger partial charge is 0.0537 e. The van der Waals surface area contributed by atoms with E-state index in [1.165, 1.54) is 38.5 Å². The first-order valence-electron chi connectivity index (χ1n) is 5.69. The third-order valence-electron chi connectivity index (χ3n) is 2.89. The number of aliphatic hydroxyl groups excluding tert-OH is 1. The number of rotatable bonds is 6. The van der Waals surface area contributed by atoms with E-state index >= 15 is 0 Å². The van der Waals surface area contributed by atoms with Crippen molar-refractivity contribution in [1.29, 1.82) is 0 Å². The van der Waals surface area contributed by atoms with Gasteiger partial charge in [0, 0.05) is 0 Å². The van der Waals surface area contributed by atoms with Crippen molar-refractivity contribution in [1.82, 2.24) is 0 Å². The first-order valence-corrected chi connectivity index (χ1v) is 5.69. The quantitative estimate of drug-likeness (QED) is 0.493. The standard InChI is InChI=1S/C12H22O/c1-2-12(13)10-6-5-9-11-7-3-4-8-11/h7,12-13H,2-6,8-10H2,1H3. The van der Waals surface area contributed by atoms with Crippen LogP contribution in [0.2, 0.25) is 0 Å². The summed E-state index contributed by atoms with van der Waals surface area (Å²) in [5, 5.41) is 9.34. The molecular formula is C12H22O. The Morgan fingerprint density at radius 2 is 2.31 bits per heavy atom. The van der Waals surface area contributed by atoms with E-state index < -0.39 is 0 Å². The SMILES string of the molecule is CCC(O)CCCCC1=CCCC1. The zero-order chi connectivity index (χ0) is 9.52. The Morgan fingerprint density at radius 3 is 2.92 bits per heavy atom. The molecule has 0 spiro atoms. The molecule has 1 nitrogen and oxygen atoms in total. The van der Waals surface area contributed by atoms with Gasteiger partial charge in [-0.05, 0) is 44.9 Å². The fourth-order valence-corrected chi connectivity index (χ4v) is 1.90. The summed E-state index contributed by atoms with van der Waals surface area (Å²) in [7, 11) is 0. The highest BCUT2D eigenvalue weighted by molar-refractivity contribution is 5.06. The van der Waals surface area contributed by atoms with E-state index in [4.69, 9.17) is 0 Å². The maximum Gasteiger partial charge on any atom is 0.0537 e. The van der Waals surface area contributed by atoms with Crippen LogP contribution >= 0.6 is 0 Å². The summed E-state index contributed by atoms with van der Waals surface area (Å²) < 4.78 is 0. The summed E-state index contributed by atoms with van der Waals surface area (Å²) in [4.78, 5) is 0. The molecule has 0 aromatic heterocycles. The number of hydrogen-bond acceptors (Lipinski definition) is 1. The molecule has 1 rings (SSSR count). The minimum Gasteiger partial charge on any atom is -0.393 e. The summed E-state index contributed by atoms with van der Waals surface area (Å²) in [6.45, 7) is 2.05. The van der Waals surface area contributed by atoms with Gasteiger partial charge in [0.1, 0.15) is 0 Å². The molecule has 76 valence electrons. The Labute approximate surface area is 81.9 Å². The fourth-order valence-electron chi connectivity index (χ4n) is 1.90. The van der Waals surface area contributed by atoms with Crippen LogP contribution in [0.15, 0.2) is 11.6 Å². The van der Waals surface area contributed by atoms with Gasteiger partial charge in [0.25, 0.3) is 0 Å². The van der Waals surface area contributed by atoms with Gasteiger partial charge in [-0.2, -0.15) is 0 Å². The van der Waals surface area contributed by atoms with Crippen LogP contribution in [0.1, 0.15) is 58.3 Å². The van der Waals surface area contributed by atoms with Crippen LogP contribution < -0.4 is 0 Å². The third kappa shape index (κ3) is 4.47. The molecule has 0 aromatic rings. The molecule has 1 heteroatoms. The summed E-state index contributed by atoms with van der Waals surface area (Å²) >= 11 is 0. The Kier molecular flexibility index (Phi) is 5.14. The molecule has 0 aromatic carbocycles. The van der Waals surface area contributed by atoms with E-state index in [0.29, 0.717) is 0 Å². The molecule has 1 unspecified atom stereocenters. The van der Waals surface area contributed by atoms with Gasteiger partial charge in [-0.1, -0.05) is 25.0 Å². The van der Waals surface area contributed by atoms with E-state index in [1.807, 2.05) is 6.92 Å². The van der Waals surface area contributed by atoms with Crippen LogP contribution in [-0.2, 0) is 0 Å². The van der Waals surface area contributed by atoms with Crippen molar-refractivity contribution in [3.05, 3.63) is 11.6 Å². The van der Waals surface area contributed by atoms with Gasteiger partial charge in [0.05, 0.1) is 6.10 Å². The Bertz CT molecular complexity index is 161. The maximum absolute atomic E-state index is 9.34. The molecule has 0 aliphatic heterocycles. The van der Waals surface area contributed by atoms with Gasteiger partial charge >= 0.3 is 0 Å². The molecule has 0 saturated carbocycles. The van der Waals surface area contributed by atoms with Crippen LogP contribution in [0.25, 0.3) is 0 Å². The third-order valence-corrected chi connectivity index (χ3v) is 2.89. The predicted octanol–water partition coefficient (Wildman–Crippen LogP) is 3.43. The highest BCUT2D eigenvalue weighted by Gasteiger charge is 2.04. The normalized spacial score (nSPS) is 18.8. The molecule has 1 atom stereocenters. The van der Waals surface area contributed by atoms with Crippen LogP contribution in [0.3, 0.4) is 0 Å². The predicted molar refractivity (Wildman–Crippen MR) is 56.7 cm³/mol. The topological polar surface area (TPSA) is 20.2 Å². The van der Waals surface area contributed by atoms with E-state index in [-0.39, 0.29) is 6.10 Å². The van der Waals surface area contributed by atoms with Crippen molar-refractivity contribution in [2.24, 2.45) is 0 Å². The molecule has 0 saturated heterocycles. The lowest BCUT2D eigenvalue weighted by Crippen LogP contribution is -2.03.